The Kier molecular flexibility index (Phi) is 19.5. The number of hydrogen-bond donors (Lipinski definition) is 17. The first-order valence-corrected chi connectivity index (χ1v) is 30.5. The van der Waals surface area contributed by atoms with Gasteiger partial charge in [0.1, 0.15) is 116 Å². The number of hydrogen-bond acceptors (Lipinski definition) is 29. The second-order valence-corrected chi connectivity index (χ2v) is 26.9. The van der Waals surface area contributed by atoms with Gasteiger partial charge in [0, 0.05) is 18.3 Å². The minimum absolute atomic E-state index is 0.00749. The van der Waals surface area contributed by atoms with Crippen molar-refractivity contribution in [2.75, 3.05) is 39.6 Å². The van der Waals surface area contributed by atoms with Crippen LogP contribution in [-0.2, 0) is 56.8 Å². The van der Waals surface area contributed by atoms with Crippen LogP contribution < -0.4 is 0 Å². The molecule has 0 aromatic heterocycles. The fourth-order valence-electron chi connectivity index (χ4n) is 17.4. The number of aliphatic hydroxyl groups excluding tert-OH is 17. The molecule has 0 aromatic rings. The van der Waals surface area contributed by atoms with E-state index in [4.69, 9.17) is 56.8 Å². The highest BCUT2D eigenvalue weighted by Crippen LogP contribution is 2.71. The van der Waals surface area contributed by atoms with Crippen molar-refractivity contribution in [2.45, 2.75) is 257 Å². The summed E-state index contributed by atoms with van der Waals surface area (Å²) in [4.78, 5) is 0. The zero-order chi connectivity index (χ0) is 61.1. The lowest BCUT2D eigenvalue weighted by atomic mass is 9.44. The van der Waals surface area contributed by atoms with E-state index in [2.05, 4.69) is 27.7 Å². The van der Waals surface area contributed by atoms with Crippen molar-refractivity contribution in [3.05, 3.63) is 0 Å². The van der Waals surface area contributed by atoms with Gasteiger partial charge in [-0.2, -0.15) is 0 Å². The molecule has 11 fully saturated rings. The molecule has 0 bridgehead atoms. The summed E-state index contributed by atoms with van der Waals surface area (Å²) in [6.45, 7) is 5.21. The second kappa shape index (κ2) is 25.4. The Bertz CT molecular complexity index is 2220. The van der Waals surface area contributed by atoms with Crippen LogP contribution in [0.4, 0.5) is 0 Å². The van der Waals surface area contributed by atoms with Gasteiger partial charge in [-0.15, -0.1) is 0 Å². The van der Waals surface area contributed by atoms with Crippen LogP contribution >= 0.6 is 0 Å². The van der Waals surface area contributed by atoms with Gasteiger partial charge in [0.05, 0.1) is 64.1 Å². The molecule has 4 aliphatic carbocycles. The Hall–Kier alpha value is -1.16. The highest BCUT2D eigenvalue weighted by Gasteiger charge is 2.73. The number of fused-ring (bicyclic) bond motifs is 7. The van der Waals surface area contributed by atoms with E-state index in [-0.39, 0.29) is 52.4 Å². The topological polar surface area (TPSA) is 455 Å². The van der Waals surface area contributed by atoms with Gasteiger partial charge in [0.2, 0.25) is 0 Å². The van der Waals surface area contributed by atoms with Crippen molar-refractivity contribution < 1.29 is 144 Å². The molecule has 85 heavy (non-hydrogen) atoms. The van der Waals surface area contributed by atoms with Crippen molar-refractivity contribution in [2.24, 2.45) is 52.3 Å². The first kappa shape index (κ1) is 65.3. The predicted octanol–water partition coefficient (Wildman–Crippen LogP) is -6.50. The Balaban J connectivity index is 0.797. The summed E-state index contributed by atoms with van der Waals surface area (Å²) < 4.78 is 72.8. The molecular weight excluding hydrogens is 1140 g/mol. The molecule has 7 heterocycles. The summed E-state index contributed by atoms with van der Waals surface area (Å²) in [6.07, 6.45) is -42.5. The molecule has 1 spiro atoms. The van der Waals surface area contributed by atoms with E-state index in [0.717, 1.165) is 38.5 Å². The van der Waals surface area contributed by atoms with Crippen LogP contribution in [0.15, 0.2) is 0 Å². The Labute approximate surface area is 491 Å². The van der Waals surface area contributed by atoms with E-state index in [1.807, 2.05) is 0 Å². The first-order chi connectivity index (χ1) is 40.3. The minimum Gasteiger partial charge on any atom is -0.394 e. The number of ether oxygens (including phenoxy) is 12. The summed E-state index contributed by atoms with van der Waals surface area (Å²) in [5.74, 6) is 0.388. The molecule has 490 valence electrons. The van der Waals surface area contributed by atoms with Crippen LogP contribution in [0, 0.1) is 52.3 Å². The highest BCUT2D eigenvalue weighted by atomic mass is 16.8. The van der Waals surface area contributed by atoms with E-state index >= 15 is 0 Å². The molecule has 29 heteroatoms. The molecule has 0 aromatic carbocycles. The summed E-state index contributed by atoms with van der Waals surface area (Å²) in [6, 6.07) is 0. The smallest absolute Gasteiger partial charge is 0.187 e. The van der Waals surface area contributed by atoms with E-state index < -0.39 is 205 Å². The van der Waals surface area contributed by atoms with Crippen LogP contribution in [0.3, 0.4) is 0 Å². The maximum absolute atomic E-state index is 12.3. The lowest BCUT2D eigenvalue weighted by Crippen LogP contribution is -2.69. The van der Waals surface area contributed by atoms with Crippen LogP contribution in [-0.4, -0.2) is 304 Å². The van der Waals surface area contributed by atoms with Crippen LogP contribution in [0.5, 0.6) is 0 Å². The average molecular weight is 1230 g/mol. The molecule has 11 aliphatic rings. The lowest BCUT2D eigenvalue weighted by molar-refractivity contribution is -0.410. The Morgan fingerprint density at radius 2 is 1.01 bits per heavy atom. The van der Waals surface area contributed by atoms with E-state index in [1.165, 1.54) is 0 Å². The largest absolute Gasteiger partial charge is 0.394 e. The molecule has 29 nitrogen and oxygen atoms in total. The molecule has 38 atom stereocenters. The van der Waals surface area contributed by atoms with Crippen LogP contribution in [0.2, 0.25) is 0 Å². The predicted molar refractivity (Wildman–Crippen MR) is 278 cm³/mol. The summed E-state index contributed by atoms with van der Waals surface area (Å²) >= 11 is 0. The standard InChI is InChI=1S/C56H92O29/c1-19-7-10-56(75-17-19)20(2)31-45(85-56)37(67)32-22-6-5-21-11-26(24(61)12-55(21,4)23(22)8-9-54(31,32)3)76-50-42(72)39(69)44(30(16-60)80-50)81-53-48(47(36(66)29(15-59)79-53)83-49-40(70)33(63)25(62)18-74-49)84-52-43(73)46(35(65)28(14-58)78-52)82-51-41(71)38(68)34(64)27(13-57)77-51/h19-53,57-73H,5-18H2,1-4H3/t19-,20?,21+,22-,23?,24-,25?,26-,27?,28?,29?,30?,31+,32?,33?,34?,35?,36?,37?,38?,39?,40?,41?,42?,43?,44?,45-,46?,47?,48?,49?,50?,51?,52?,53?,54-,55+,56-/m1/s1. The van der Waals surface area contributed by atoms with Crippen molar-refractivity contribution in [3.63, 3.8) is 0 Å². The second-order valence-electron chi connectivity index (χ2n) is 26.9. The third kappa shape index (κ3) is 11.3. The monoisotopic (exact) mass is 1230 g/mol. The minimum atomic E-state index is -2.21. The van der Waals surface area contributed by atoms with Gasteiger partial charge >= 0.3 is 0 Å². The molecule has 28 unspecified atom stereocenters. The fraction of sp³-hybridized carbons (Fsp3) is 1.00. The normalized spacial score (nSPS) is 58.1. The van der Waals surface area contributed by atoms with Crippen LogP contribution in [0.1, 0.15) is 79.1 Å². The van der Waals surface area contributed by atoms with E-state index in [0.29, 0.717) is 25.4 Å². The Morgan fingerprint density at radius 1 is 0.447 bits per heavy atom. The zero-order valence-corrected chi connectivity index (χ0v) is 48.1. The lowest BCUT2D eigenvalue weighted by Gasteiger charge is -2.62. The van der Waals surface area contributed by atoms with Crippen molar-refractivity contribution in [3.8, 4) is 0 Å². The van der Waals surface area contributed by atoms with Gasteiger partial charge < -0.3 is 144 Å². The molecule has 0 radical (unpaired) electrons. The summed E-state index contributed by atoms with van der Waals surface area (Å²) in [7, 11) is 0. The molecule has 7 aliphatic heterocycles. The van der Waals surface area contributed by atoms with Crippen LogP contribution in [0.25, 0.3) is 0 Å². The highest BCUT2D eigenvalue weighted by molar-refractivity contribution is 5.19. The third-order valence-electron chi connectivity index (χ3n) is 22.2. The van der Waals surface area contributed by atoms with Gasteiger partial charge in [0.25, 0.3) is 0 Å². The van der Waals surface area contributed by atoms with Gasteiger partial charge in [-0.05, 0) is 85.4 Å². The molecular formula is C56H92O29. The van der Waals surface area contributed by atoms with Gasteiger partial charge in [0.15, 0.2) is 37.2 Å². The Morgan fingerprint density at radius 3 is 1.67 bits per heavy atom. The quantitative estimate of drug-likeness (QED) is 0.0719. The van der Waals surface area contributed by atoms with Gasteiger partial charge in [-0.25, -0.2) is 0 Å². The number of aliphatic hydroxyl groups is 17. The van der Waals surface area contributed by atoms with Gasteiger partial charge in [-0.3, -0.25) is 0 Å². The molecule has 0 amide bonds. The first-order valence-electron chi connectivity index (χ1n) is 30.5. The maximum Gasteiger partial charge on any atom is 0.187 e. The van der Waals surface area contributed by atoms with Crippen molar-refractivity contribution in [1.29, 1.82) is 0 Å². The third-order valence-corrected chi connectivity index (χ3v) is 22.2. The number of rotatable bonds is 14. The van der Waals surface area contributed by atoms with Crippen molar-refractivity contribution >= 4 is 0 Å². The van der Waals surface area contributed by atoms with Crippen molar-refractivity contribution in [1.82, 2.24) is 0 Å². The molecule has 11 rings (SSSR count). The molecule has 17 N–H and O–H groups in total. The summed E-state index contributed by atoms with van der Waals surface area (Å²) in [5, 5.41) is 188. The fourth-order valence-corrected chi connectivity index (χ4v) is 17.4. The average Bonchev–Trinajstić information content (AvgIpc) is 1.65. The molecule has 7 saturated heterocycles. The summed E-state index contributed by atoms with van der Waals surface area (Å²) in [5.41, 5.74) is -0.531. The SMILES string of the molecule is CC1[C@H]2[C@@H](O[C@]13CC[C@@H](C)CO3)C(O)C1[C@@H]3CC[C@H]4C[C@@H](OC5OC(CO)C(OC6OC(CO)C(O)C(OC7OCC(O)C(O)C7O)C6OC6OC(CO)C(O)C(OC7OC(CO)C(O)C(O)C7O)C6O)C(O)C5O)[C@H](O)C[C@]4(C)C3CC[C@@]12C. The van der Waals surface area contributed by atoms with E-state index in [9.17, 15) is 86.8 Å². The zero-order valence-electron chi connectivity index (χ0n) is 48.1. The molecule has 4 saturated carbocycles. The van der Waals surface area contributed by atoms with E-state index in [1.54, 1.807) is 0 Å². The van der Waals surface area contributed by atoms with Gasteiger partial charge in [-0.1, -0.05) is 27.7 Å². The maximum atomic E-state index is 12.3.